The van der Waals surface area contributed by atoms with Gasteiger partial charge in [-0.3, -0.25) is 4.79 Å². The van der Waals surface area contributed by atoms with Crippen molar-refractivity contribution in [3.05, 3.63) is 62.9 Å². The van der Waals surface area contributed by atoms with Gasteiger partial charge in [0.2, 0.25) is 0 Å². The quantitative estimate of drug-likeness (QED) is 0.287. The third-order valence-corrected chi connectivity index (χ3v) is 11.3. The van der Waals surface area contributed by atoms with E-state index >= 15 is 0 Å². The van der Waals surface area contributed by atoms with Crippen molar-refractivity contribution in [1.82, 2.24) is 9.55 Å². The summed E-state index contributed by atoms with van der Waals surface area (Å²) in [5.74, 6) is -0.693. The van der Waals surface area contributed by atoms with E-state index in [0.29, 0.717) is 23.4 Å². The molecule has 0 fully saturated rings. The van der Waals surface area contributed by atoms with Crippen LogP contribution in [0.5, 0.6) is 0 Å². The number of aromatic nitrogens is 2. The van der Waals surface area contributed by atoms with Crippen LogP contribution in [0.4, 0.5) is 0 Å². The van der Waals surface area contributed by atoms with Crippen LogP contribution in [0.3, 0.4) is 0 Å². The summed E-state index contributed by atoms with van der Waals surface area (Å²) in [7, 11) is -1.35. The summed E-state index contributed by atoms with van der Waals surface area (Å²) in [4.78, 5) is 31.0. The van der Waals surface area contributed by atoms with Crippen LogP contribution in [0, 0.1) is 0 Å². The number of rotatable bonds is 7. The largest absolute Gasteiger partial charge is 0.458 e. The Morgan fingerprint density at radius 1 is 1.14 bits per heavy atom. The van der Waals surface area contributed by atoms with E-state index in [1.165, 1.54) is 30.5 Å². The van der Waals surface area contributed by atoms with Crippen LogP contribution >= 0.6 is 0 Å². The molecule has 1 N–H and O–H groups in total. The lowest BCUT2D eigenvalue weighted by Gasteiger charge is -2.31. The number of cyclic esters (lactones) is 1. The highest BCUT2D eigenvalue weighted by Gasteiger charge is 2.45. The Morgan fingerprint density at radius 3 is 2.66 bits per heavy atom. The minimum Gasteiger partial charge on any atom is -0.458 e. The lowest BCUT2D eigenvalue weighted by atomic mass is 9.86. The van der Waals surface area contributed by atoms with E-state index in [2.05, 4.69) is 32.2 Å². The predicted octanol–water partition coefficient (Wildman–Crippen LogP) is 5.13. The molecule has 0 amide bonds. The number of benzene rings is 1. The lowest BCUT2D eigenvalue weighted by molar-refractivity contribution is -0.172. The second-order valence-corrected chi connectivity index (χ2v) is 16.1. The number of hydrogen-bond acceptors (Lipinski definition) is 5. The summed E-state index contributed by atoms with van der Waals surface area (Å²) in [6, 6.07) is 12.5. The minimum atomic E-state index is -1.81. The summed E-state index contributed by atoms with van der Waals surface area (Å²) < 4.78 is 6.95. The molecule has 0 unspecified atom stereocenters. The van der Waals surface area contributed by atoms with Crippen LogP contribution in [0.1, 0.15) is 55.4 Å². The SMILES string of the molecule is CCCC[Si](C)(C)CCc1c2c(nc3ccccc13)-c1cc3c(c(=O)n1C2)COC(=O)[C@]3(O)CC. The van der Waals surface area contributed by atoms with Gasteiger partial charge >= 0.3 is 5.97 Å². The number of esters is 1. The van der Waals surface area contributed by atoms with Crippen molar-refractivity contribution in [2.45, 2.75) is 83.5 Å². The Labute approximate surface area is 207 Å². The first kappa shape index (κ1) is 23.9. The van der Waals surface area contributed by atoms with Gasteiger partial charge in [-0.2, -0.15) is 0 Å². The van der Waals surface area contributed by atoms with Crippen molar-refractivity contribution < 1.29 is 14.6 Å². The second kappa shape index (κ2) is 8.71. The van der Waals surface area contributed by atoms with Gasteiger partial charge in [0, 0.05) is 24.6 Å². The van der Waals surface area contributed by atoms with E-state index in [9.17, 15) is 14.7 Å². The molecule has 6 nitrogen and oxygen atoms in total. The molecule has 0 bridgehead atoms. The van der Waals surface area contributed by atoms with Gasteiger partial charge in [-0.05, 0) is 30.5 Å². The molecule has 0 radical (unpaired) electrons. The number of carbonyl (C=O) groups is 1. The maximum Gasteiger partial charge on any atom is 0.343 e. The van der Waals surface area contributed by atoms with Gasteiger partial charge in [0.25, 0.3) is 5.56 Å². The molecule has 7 heteroatoms. The lowest BCUT2D eigenvalue weighted by Crippen LogP contribution is -2.44. The molecule has 4 heterocycles. The summed E-state index contributed by atoms with van der Waals surface area (Å²) in [6.07, 6.45) is 3.62. The maximum absolute atomic E-state index is 13.6. The number of pyridine rings is 2. The third kappa shape index (κ3) is 3.85. The molecule has 0 aliphatic carbocycles. The van der Waals surface area contributed by atoms with Crippen LogP contribution in [0.15, 0.2) is 35.1 Å². The van der Waals surface area contributed by atoms with Gasteiger partial charge in [0.05, 0.1) is 29.0 Å². The molecule has 3 aromatic rings. The van der Waals surface area contributed by atoms with E-state index in [-0.39, 0.29) is 18.6 Å². The Hall–Kier alpha value is -2.77. The number of aryl methyl sites for hydroxylation is 1. The van der Waals surface area contributed by atoms with Gasteiger partial charge in [0.15, 0.2) is 5.60 Å². The fourth-order valence-corrected chi connectivity index (χ4v) is 8.13. The zero-order valence-corrected chi connectivity index (χ0v) is 22.1. The molecule has 2 aliphatic rings. The molecule has 35 heavy (non-hydrogen) atoms. The highest BCUT2D eigenvalue weighted by atomic mass is 28.3. The van der Waals surface area contributed by atoms with Crippen molar-refractivity contribution in [3.63, 3.8) is 0 Å². The number of hydrogen-bond donors (Lipinski definition) is 1. The van der Waals surface area contributed by atoms with Gasteiger partial charge in [-0.1, -0.05) is 70.1 Å². The van der Waals surface area contributed by atoms with Gasteiger partial charge in [0.1, 0.15) is 6.61 Å². The van der Waals surface area contributed by atoms with Crippen LogP contribution in [-0.4, -0.2) is 28.7 Å². The van der Waals surface area contributed by atoms with Gasteiger partial charge in [-0.15, -0.1) is 0 Å². The number of para-hydroxylation sites is 1. The van der Waals surface area contributed by atoms with E-state index < -0.39 is 19.6 Å². The van der Waals surface area contributed by atoms with E-state index in [4.69, 9.17) is 9.72 Å². The molecule has 0 spiro atoms. The smallest absolute Gasteiger partial charge is 0.343 e. The highest BCUT2D eigenvalue weighted by molar-refractivity contribution is 6.77. The molecular weight excluding hydrogens is 456 g/mol. The normalized spacial score (nSPS) is 18.8. The average Bonchev–Trinajstić information content (AvgIpc) is 3.22. The maximum atomic E-state index is 13.6. The van der Waals surface area contributed by atoms with Crippen molar-refractivity contribution in [3.8, 4) is 11.4 Å². The van der Waals surface area contributed by atoms with Crippen LogP contribution in [0.2, 0.25) is 25.2 Å². The van der Waals surface area contributed by atoms with Crippen molar-refractivity contribution in [2.24, 2.45) is 0 Å². The number of nitrogens with zero attached hydrogens (tertiary/aromatic N) is 2. The Balaban J connectivity index is 1.66. The molecule has 1 aromatic carbocycles. The predicted molar refractivity (Wildman–Crippen MR) is 140 cm³/mol. The second-order valence-electron chi connectivity index (χ2n) is 10.8. The molecule has 2 aliphatic heterocycles. The topological polar surface area (TPSA) is 81.4 Å². The number of fused-ring (bicyclic) bond motifs is 5. The zero-order valence-electron chi connectivity index (χ0n) is 21.1. The number of carbonyl (C=O) groups excluding carboxylic acids is 1. The molecule has 0 saturated heterocycles. The standard InChI is InChI=1S/C28H34N2O4Si/c1-5-7-13-35(3,4)14-12-18-19-10-8-9-11-23(19)29-25-20(18)16-30-24(25)15-22-21(26(30)31)17-34-27(32)28(22,33)6-2/h8-11,15,33H,5-7,12-14,16-17H2,1-4H3/t28-/m0/s1. The molecule has 0 saturated carbocycles. The number of unbranched alkanes of at least 4 members (excludes halogenated alkanes) is 1. The minimum absolute atomic E-state index is 0.106. The molecule has 2 aromatic heterocycles. The summed E-state index contributed by atoms with van der Waals surface area (Å²) in [5.41, 5.74) is 3.48. The molecule has 184 valence electrons. The third-order valence-electron chi connectivity index (χ3n) is 7.97. The molecular formula is C28H34N2O4Si. The zero-order chi connectivity index (χ0) is 25.0. The Kier molecular flexibility index (Phi) is 5.96. The van der Waals surface area contributed by atoms with Crippen molar-refractivity contribution in [2.75, 3.05) is 0 Å². The summed E-state index contributed by atoms with van der Waals surface area (Å²) in [5, 5.41) is 12.3. The fourth-order valence-electron chi connectivity index (χ4n) is 5.64. The first-order valence-electron chi connectivity index (χ1n) is 12.8. The van der Waals surface area contributed by atoms with E-state index in [1.54, 1.807) is 17.6 Å². The van der Waals surface area contributed by atoms with Crippen molar-refractivity contribution in [1.29, 1.82) is 0 Å². The molecule has 1 atom stereocenters. The first-order chi connectivity index (χ1) is 16.7. The first-order valence-corrected chi connectivity index (χ1v) is 16.2. The van der Waals surface area contributed by atoms with Crippen LogP contribution in [-0.2, 0) is 34.7 Å². The average molecular weight is 491 g/mol. The van der Waals surface area contributed by atoms with Crippen molar-refractivity contribution >= 4 is 24.9 Å². The fraction of sp³-hybridized carbons (Fsp3) is 0.464. The number of ether oxygens (including phenoxy) is 1. The Morgan fingerprint density at radius 2 is 1.91 bits per heavy atom. The summed E-state index contributed by atoms with van der Waals surface area (Å²) in [6.45, 7) is 9.28. The van der Waals surface area contributed by atoms with Crippen LogP contribution in [0.25, 0.3) is 22.3 Å². The Bertz CT molecular complexity index is 1390. The monoisotopic (exact) mass is 490 g/mol. The van der Waals surface area contributed by atoms with E-state index in [0.717, 1.165) is 28.6 Å². The van der Waals surface area contributed by atoms with Gasteiger partial charge in [-0.25, -0.2) is 9.78 Å². The molecule has 5 rings (SSSR count). The highest BCUT2D eigenvalue weighted by Crippen LogP contribution is 2.40. The van der Waals surface area contributed by atoms with Crippen LogP contribution < -0.4 is 5.56 Å². The number of aliphatic hydroxyl groups is 1. The summed E-state index contributed by atoms with van der Waals surface area (Å²) >= 11 is 0. The van der Waals surface area contributed by atoms with Gasteiger partial charge < -0.3 is 14.4 Å². The van der Waals surface area contributed by atoms with E-state index in [1.807, 2.05) is 12.1 Å².